The van der Waals surface area contributed by atoms with E-state index in [1.54, 1.807) is 66.8 Å². The molecule has 12 unspecified atom stereocenters. The van der Waals surface area contributed by atoms with Crippen molar-refractivity contribution < 1.29 is 69.2 Å². The number of benzene rings is 1. The first-order valence-electron chi connectivity index (χ1n) is 23.6. The molecule has 2 aliphatic heterocycles. The fourth-order valence-electron chi connectivity index (χ4n) is 8.51. The predicted molar refractivity (Wildman–Crippen MR) is 255 cm³/mol. The molecule has 2 heterocycles. The number of cyclic esters (lactones) is 1. The van der Waals surface area contributed by atoms with Gasteiger partial charge in [0.15, 0.2) is 11.6 Å². The van der Waals surface area contributed by atoms with Crippen molar-refractivity contribution in [1.82, 2.24) is 0 Å². The lowest BCUT2D eigenvalue weighted by molar-refractivity contribution is -0.342. The zero-order valence-electron chi connectivity index (χ0n) is 39.5. The second-order valence-electron chi connectivity index (χ2n) is 18.3. The van der Waals surface area contributed by atoms with Crippen molar-refractivity contribution in [2.45, 2.75) is 153 Å². The van der Waals surface area contributed by atoms with Gasteiger partial charge in [-0.3, -0.25) is 19.2 Å². The second kappa shape index (κ2) is 29.7. The van der Waals surface area contributed by atoms with Crippen molar-refractivity contribution in [3.63, 3.8) is 0 Å². The first-order valence-corrected chi connectivity index (χ1v) is 23.6. The fraction of sp³-hybridized carbons (Fsp3) is 0.528. The SMILES string of the molecule is CC1C=CC=CC=CC=CC=CC=CC=CC(O)CC2OC(O)(CC(O)CC(O)CCCC(=O)CCCC(=O)CC(=O)OC1C(C)CC(C)C(O)CC(=O)c1ccc(N)cc1)CC(O)C2C(=O)[O-]. The standard InChI is InChI=1S/C53H73NO14/c1-35-18-14-12-10-8-6-4-5-7-9-11-13-15-19-42(57)30-48-50(52(64)65)47(62)34-53(66,68-48)33-44(59)29-41(56)22-16-20-40(55)21-17-23-43(58)31-49(63)67-51(35)37(3)28-36(2)45(60)32-46(61)38-24-26-39(54)27-25-38/h4-15,18-19,24-27,35-37,41-42,44-45,47-48,50-51,56-57,59-60,62,66H,16-17,20-23,28-34,54H2,1-3H3,(H,64,65)/p-1. The highest BCUT2D eigenvalue weighted by atomic mass is 16.6. The number of aliphatic hydroxyl groups excluding tert-OH is 5. The highest BCUT2D eigenvalue weighted by molar-refractivity contribution is 5.97. The third kappa shape index (κ3) is 21.4. The second-order valence-corrected chi connectivity index (χ2v) is 18.3. The number of esters is 1. The Bertz CT molecular complexity index is 1980. The van der Waals surface area contributed by atoms with Gasteiger partial charge in [0.25, 0.3) is 0 Å². The van der Waals surface area contributed by atoms with Crippen molar-refractivity contribution in [3.05, 3.63) is 115 Å². The van der Waals surface area contributed by atoms with Crippen LogP contribution in [0.5, 0.6) is 0 Å². The Hall–Kier alpha value is -5.13. The zero-order valence-corrected chi connectivity index (χ0v) is 39.5. The summed E-state index contributed by atoms with van der Waals surface area (Å²) in [5.41, 5.74) is 6.71. The maximum Gasteiger partial charge on any atom is 0.313 e. The van der Waals surface area contributed by atoms with Gasteiger partial charge in [-0.25, -0.2) is 0 Å². The number of aliphatic hydroxyl groups is 6. The Morgan fingerprint density at radius 1 is 0.779 bits per heavy atom. The number of ether oxygens (including phenoxy) is 2. The number of allylic oxidation sites excluding steroid dienone is 12. The Labute approximate surface area is 400 Å². The third-order valence-electron chi connectivity index (χ3n) is 12.1. The molecule has 15 nitrogen and oxygen atoms in total. The van der Waals surface area contributed by atoms with Gasteiger partial charge in [0.1, 0.15) is 24.1 Å². The molecule has 0 aromatic heterocycles. The smallest absolute Gasteiger partial charge is 0.313 e. The van der Waals surface area contributed by atoms with E-state index < -0.39 is 91.4 Å². The van der Waals surface area contributed by atoms with Crippen LogP contribution in [0.1, 0.15) is 115 Å². The summed E-state index contributed by atoms with van der Waals surface area (Å²) in [6.07, 6.45) is 15.1. The Morgan fingerprint density at radius 3 is 1.94 bits per heavy atom. The van der Waals surface area contributed by atoms with Crippen molar-refractivity contribution in [2.75, 3.05) is 5.73 Å². The number of nitrogen functional groups attached to an aromatic ring is 1. The van der Waals surface area contributed by atoms with Gasteiger partial charge in [0.05, 0.1) is 42.5 Å². The topological polar surface area (TPSA) is 274 Å². The number of ketones is 3. The van der Waals surface area contributed by atoms with Crippen LogP contribution in [0.3, 0.4) is 0 Å². The molecule has 0 aliphatic carbocycles. The minimum atomic E-state index is -2.18. The number of carbonyl (C=O) groups excluding carboxylic acids is 5. The lowest BCUT2D eigenvalue weighted by Crippen LogP contribution is -2.58. The number of carboxylic acids is 1. The van der Waals surface area contributed by atoms with Crippen LogP contribution in [0.25, 0.3) is 0 Å². The van der Waals surface area contributed by atoms with E-state index in [9.17, 15) is 59.7 Å². The lowest BCUT2D eigenvalue weighted by atomic mass is 9.83. The van der Waals surface area contributed by atoms with E-state index in [0.717, 1.165) is 0 Å². The van der Waals surface area contributed by atoms with E-state index in [4.69, 9.17) is 15.2 Å². The predicted octanol–water partition coefficient (Wildman–Crippen LogP) is 4.65. The van der Waals surface area contributed by atoms with Gasteiger partial charge >= 0.3 is 5.97 Å². The number of hydrogen-bond acceptors (Lipinski definition) is 15. The molecular weight excluding hydrogens is 875 g/mol. The van der Waals surface area contributed by atoms with Gasteiger partial charge in [-0.15, -0.1) is 0 Å². The van der Waals surface area contributed by atoms with Gasteiger partial charge in [0, 0.05) is 68.1 Å². The molecular formula is C53H72NO14-. The molecule has 0 spiro atoms. The minimum Gasteiger partial charge on any atom is -0.550 e. The van der Waals surface area contributed by atoms with E-state index in [-0.39, 0.29) is 87.1 Å². The van der Waals surface area contributed by atoms with Gasteiger partial charge < -0.3 is 55.7 Å². The molecule has 1 aromatic rings. The first-order chi connectivity index (χ1) is 32.3. The molecule has 2 aliphatic rings. The van der Waals surface area contributed by atoms with Crippen molar-refractivity contribution in [3.8, 4) is 0 Å². The molecule has 1 saturated heterocycles. The van der Waals surface area contributed by atoms with E-state index in [1.165, 1.54) is 6.08 Å². The minimum absolute atomic E-state index is 0.0304. The first kappa shape index (κ1) is 57.2. The maximum atomic E-state index is 13.2. The summed E-state index contributed by atoms with van der Waals surface area (Å²) in [6.45, 7) is 5.61. The van der Waals surface area contributed by atoms with Gasteiger partial charge in [0.2, 0.25) is 0 Å². The molecule has 15 heteroatoms. The molecule has 1 aromatic carbocycles. The van der Waals surface area contributed by atoms with E-state index in [1.807, 2.05) is 57.2 Å². The molecule has 374 valence electrons. The Balaban J connectivity index is 1.72. The van der Waals surface area contributed by atoms with Crippen LogP contribution in [-0.4, -0.2) is 108 Å². The number of Topliss-reactive ketones (excluding diaryl/α,β-unsaturated/α-hetero) is 3. The summed E-state index contributed by atoms with van der Waals surface area (Å²) in [4.78, 5) is 63.5. The average Bonchev–Trinajstić information content (AvgIpc) is 3.24. The highest BCUT2D eigenvalue weighted by Crippen LogP contribution is 2.37. The summed E-state index contributed by atoms with van der Waals surface area (Å²) in [6, 6.07) is 6.48. The van der Waals surface area contributed by atoms with Crippen LogP contribution in [0.4, 0.5) is 5.69 Å². The molecule has 0 radical (unpaired) electrons. The number of aliphatic carboxylic acids is 1. The highest BCUT2D eigenvalue weighted by Gasteiger charge is 2.47. The van der Waals surface area contributed by atoms with Crippen LogP contribution in [0.2, 0.25) is 0 Å². The van der Waals surface area contributed by atoms with Crippen LogP contribution >= 0.6 is 0 Å². The monoisotopic (exact) mass is 946 g/mol. The van der Waals surface area contributed by atoms with Gasteiger partial charge in [-0.2, -0.15) is 0 Å². The Kier molecular flexibility index (Phi) is 25.0. The Morgan fingerprint density at radius 2 is 1.34 bits per heavy atom. The molecule has 12 atom stereocenters. The fourth-order valence-corrected chi connectivity index (χ4v) is 8.51. The van der Waals surface area contributed by atoms with Crippen LogP contribution in [0.15, 0.2) is 109 Å². The number of hydrogen-bond donors (Lipinski definition) is 7. The summed E-state index contributed by atoms with van der Waals surface area (Å²) < 4.78 is 11.6. The quantitative estimate of drug-likeness (QED) is 0.0809. The number of carboxylic acid groups (broad SMARTS) is 1. The number of anilines is 1. The summed E-state index contributed by atoms with van der Waals surface area (Å²) in [7, 11) is 0. The lowest BCUT2D eigenvalue weighted by Gasteiger charge is -2.46. The molecule has 0 saturated carbocycles. The van der Waals surface area contributed by atoms with Crippen molar-refractivity contribution in [2.24, 2.45) is 23.7 Å². The van der Waals surface area contributed by atoms with Crippen molar-refractivity contribution >= 4 is 35.0 Å². The van der Waals surface area contributed by atoms with E-state index >= 15 is 0 Å². The average molecular weight is 947 g/mol. The van der Waals surface area contributed by atoms with Gasteiger partial charge in [-0.05, 0) is 68.2 Å². The maximum absolute atomic E-state index is 13.2. The van der Waals surface area contributed by atoms with E-state index in [2.05, 4.69) is 0 Å². The molecule has 2 bridgehead atoms. The van der Waals surface area contributed by atoms with Crippen LogP contribution in [0, 0.1) is 23.7 Å². The van der Waals surface area contributed by atoms with Crippen LogP contribution in [-0.2, 0) is 28.7 Å². The van der Waals surface area contributed by atoms with E-state index in [0.29, 0.717) is 17.7 Å². The summed E-state index contributed by atoms with van der Waals surface area (Å²) >= 11 is 0. The summed E-state index contributed by atoms with van der Waals surface area (Å²) in [5.74, 6) is -7.78. The largest absolute Gasteiger partial charge is 0.550 e. The van der Waals surface area contributed by atoms with Crippen molar-refractivity contribution in [1.29, 1.82) is 0 Å². The van der Waals surface area contributed by atoms with Crippen LogP contribution < -0.4 is 10.8 Å². The number of rotatable bonds is 8. The molecule has 0 amide bonds. The number of carbonyl (C=O) groups is 5. The normalized spacial score (nSPS) is 29.8. The zero-order chi connectivity index (χ0) is 50.2. The third-order valence-corrected chi connectivity index (χ3v) is 12.1. The number of nitrogens with two attached hydrogens (primary N) is 1. The molecule has 8 N–H and O–H groups in total. The molecule has 1 fully saturated rings. The summed E-state index contributed by atoms with van der Waals surface area (Å²) in [5, 5.41) is 76.8. The number of fused-ring (bicyclic) bond motifs is 2. The van der Waals surface area contributed by atoms with Gasteiger partial charge in [-0.1, -0.05) is 106 Å². The molecule has 3 rings (SSSR count). The molecule has 68 heavy (non-hydrogen) atoms.